The minimum atomic E-state index is -0.968. The number of carbonyl (C=O) groups is 7. The number of hydrogen-bond donors (Lipinski definition) is 7. The number of carbonyl (C=O) groups excluding carboxylic acids is 7. The Bertz CT molecular complexity index is 5520. The van der Waals surface area contributed by atoms with Gasteiger partial charge in [0, 0.05) is 92.8 Å². The zero-order chi connectivity index (χ0) is 83.5. The Morgan fingerprint density at radius 1 is 0.483 bits per heavy atom. The largest absolute Gasteiger partial charge is 0.495 e. The van der Waals surface area contributed by atoms with Gasteiger partial charge in [0.1, 0.15) is 11.6 Å². The van der Waals surface area contributed by atoms with Crippen molar-refractivity contribution in [3.63, 3.8) is 0 Å². The number of ether oxygens (including phenoxy) is 2. The zero-order valence-electron chi connectivity index (χ0n) is 63.3. The third-order valence-corrected chi connectivity index (χ3v) is 23.3. The van der Waals surface area contributed by atoms with Gasteiger partial charge in [-0.2, -0.15) is 0 Å². The number of alkyl halides is 1. The lowest BCUT2D eigenvalue weighted by atomic mass is 9.75. The summed E-state index contributed by atoms with van der Waals surface area (Å²) in [5.74, 6) is -4.39. The Balaban J connectivity index is 0.000000155. The number of esters is 2. The van der Waals surface area contributed by atoms with Gasteiger partial charge in [0.05, 0.1) is 47.7 Å². The van der Waals surface area contributed by atoms with Gasteiger partial charge in [0.25, 0.3) is 29.5 Å². The number of rotatable bonds is 15. The van der Waals surface area contributed by atoms with Crippen molar-refractivity contribution in [2.45, 2.75) is 83.9 Å². The van der Waals surface area contributed by atoms with Crippen molar-refractivity contribution in [1.82, 2.24) is 36.6 Å². The molecule has 0 spiro atoms. The molecule has 11 aromatic rings. The van der Waals surface area contributed by atoms with Gasteiger partial charge in [0.2, 0.25) is 0 Å². The van der Waals surface area contributed by atoms with Gasteiger partial charge in [-0.1, -0.05) is 88.7 Å². The lowest BCUT2D eigenvalue weighted by Gasteiger charge is -2.32. The number of amides is 5. The van der Waals surface area contributed by atoms with Crippen molar-refractivity contribution >= 4 is 183 Å². The number of methoxy groups -OCH3 is 2. The van der Waals surface area contributed by atoms with E-state index >= 15 is 0 Å². The fraction of sp³-hybridized carbons (Fsp3) is 0.174. The molecule has 0 aliphatic carbocycles. The summed E-state index contributed by atoms with van der Waals surface area (Å²) in [5.41, 5.74) is 13.7. The van der Waals surface area contributed by atoms with Crippen LogP contribution in [0.2, 0.25) is 0 Å². The SMILES string of the molecule is CC1(C)OB(c2cccc3c2CNC3=O)OC1(C)C.COC(=O)c1cccc(I)c1C.COC(=O)c1cccc(I)c1CBr.O=C(NCc1ccc(F)c(F)c1)c1cccnc1Nc1cccc(-c2cccc3c2CNC3=O)c1.O=C(NCc1ccc(F)c(F)c1)c1cccnc1Nc1cccc(I)c1.O=C1NCc2c(I)cccc21. The van der Waals surface area contributed by atoms with E-state index in [0.717, 1.165) is 96.2 Å². The molecule has 1 fully saturated rings. The number of aromatic nitrogens is 2. The lowest BCUT2D eigenvalue weighted by Crippen LogP contribution is -2.41. The van der Waals surface area contributed by atoms with Crippen LogP contribution in [0.1, 0.15) is 139 Å². The molecule has 2 aromatic heterocycles. The number of pyridine rings is 2. The van der Waals surface area contributed by atoms with Crippen LogP contribution in [0.25, 0.3) is 11.1 Å². The molecule has 20 nitrogen and oxygen atoms in total. The maximum atomic E-state index is 13.5. The first-order chi connectivity index (χ1) is 55.5. The van der Waals surface area contributed by atoms with Crippen molar-refractivity contribution in [1.29, 1.82) is 0 Å². The summed E-state index contributed by atoms with van der Waals surface area (Å²) in [6.45, 7) is 11.8. The molecule has 4 aliphatic heterocycles. The fourth-order valence-electron chi connectivity index (χ4n) is 12.0. The number of nitrogens with zero attached hydrogens (tertiary/aromatic N) is 2. The zero-order valence-corrected chi connectivity index (χ0v) is 73.5. The van der Waals surface area contributed by atoms with Crippen LogP contribution in [0.5, 0.6) is 0 Å². The predicted octanol–water partition coefficient (Wildman–Crippen LogP) is 17.7. The molecule has 5 amide bonds. The van der Waals surface area contributed by atoms with Crippen LogP contribution < -0.4 is 42.7 Å². The molecule has 7 N–H and O–H groups in total. The molecular weight excluding hydrogens is 2010 g/mol. The molecule has 6 heterocycles. The van der Waals surface area contributed by atoms with E-state index in [1.54, 1.807) is 48.8 Å². The second-order valence-corrected chi connectivity index (χ2v) is 32.2. The van der Waals surface area contributed by atoms with Crippen molar-refractivity contribution in [3.8, 4) is 11.1 Å². The second-order valence-electron chi connectivity index (χ2n) is 26.9. The summed E-state index contributed by atoms with van der Waals surface area (Å²) >= 11 is 12.2. The van der Waals surface area contributed by atoms with Crippen LogP contribution in [-0.2, 0) is 56.8 Å². The smallest absolute Gasteiger partial charge is 0.465 e. The van der Waals surface area contributed by atoms with Gasteiger partial charge < -0.3 is 56.0 Å². The summed E-state index contributed by atoms with van der Waals surface area (Å²) in [5, 5.41) is 20.9. The number of nitrogens with one attached hydrogen (secondary N) is 7. The topological polar surface area (TPSA) is 266 Å². The Labute approximate surface area is 730 Å². The Morgan fingerprint density at radius 2 is 0.914 bits per heavy atom. The number of halogens is 9. The quantitative estimate of drug-likeness (QED) is 0.0165. The van der Waals surface area contributed by atoms with E-state index in [-0.39, 0.29) is 59.9 Å². The second kappa shape index (κ2) is 40.9. The summed E-state index contributed by atoms with van der Waals surface area (Å²) < 4.78 is 78.6. The van der Waals surface area contributed by atoms with Crippen LogP contribution in [0.4, 0.5) is 40.6 Å². The maximum Gasteiger partial charge on any atom is 0.495 e. The molecule has 116 heavy (non-hydrogen) atoms. The maximum absolute atomic E-state index is 13.5. The summed E-state index contributed by atoms with van der Waals surface area (Å²) in [6, 6.07) is 57.1. The highest BCUT2D eigenvalue weighted by molar-refractivity contribution is 14.1. The van der Waals surface area contributed by atoms with Gasteiger partial charge in [-0.25, -0.2) is 37.1 Å². The van der Waals surface area contributed by atoms with Gasteiger partial charge in [-0.05, 0) is 308 Å². The first-order valence-electron chi connectivity index (χ1n) is 35.7. The van der Waals surface area contributed by atoms with Gasteiger partial charge in [-0.3, -0.25) is 24.0 Å². The first kappa shape index (κ1) is 88.6. The van der Waals surface area contributed by atoms with E-state index < -0.39 is 36.3 Å². The Morgan fingerprint density at radius 3 is 1.44 bits per heavy atom. The van der Waals surface area contributed by atoms with Crippen molar-refractivity contribution in [3.05, 3.63) is 328 Å². The molecule has 30 heteroatoms. The predicted molar refractivity (Wildman–Crippen MR) is 474 cm³/mol. The number of hydrogen-bond acceptors (Lipinski definition) is 15. The molecule has 1 saturated heterocycles. The van der Waals surface area contributed by atoms with E-state index in [1.165, 1.54) is 29.9 Å². The monoisotopic (exact) mass is 2080 g/mol. The van der Waals surface area contributed by atoms with Crippen molar-refractivity contribution in [2.75, 3.05) is 24.9 Å². The van der Waals surface area contributed by atoms with E-state index in [1.807, 2.05) is 162 Å². The van der Waals surface area contributed by atoms with Gasteiger partial charge in [0.15, 0.2) is 23.3 Å². The van der Waals surface area contributed by atoms with E-state index in [0.29, 0.717) is 81.2 Å². The molecule has 0 radical (unpaired) electrons. The Hall–Kier alpha value is -9.73. The van der Waals surface area contributed by atoms with Gasteiger partial charge in [-0.15, -0.1) is 0 Å². The van der Waals surface area contributed by atoms with Crippen LogP contribution in [0, 0.1) is 44.5 Å². The molecule has 15 rings (SSSR count). The van der Waals surface area contributed by atoms with Crippen LogP contribution in [-0.4, -0.2) is 84.0 Å². The average Bonchev–Trinajstić information content (AvgIpc) is 1.61. The van der Waals surface area contributed by atoms with E-state index in [9.17, 15) is 51.1 Å². The molecule has 9 aromatic carbocycles. The molecule has 0 unspecified atom stereocenters. The standard InChI is InChI=1S/C27H20F2N4O2.C19H14F2IN3O.C14H18BNO3.C9H8BrIO2.C9H9IO2.C8H6INO/c28-23-10-9-16(12-24(23)29)14-31-27(35)21-8-3-11-30-25(21)33-18-5-1-4-17(13-18)19-6-2-7-20-22(19)15-32-26(20)34;20-16-7-6-12(9-17(16)21)11-24-19(26)15-5-2-8-23-18(15)25-14-4-1-3-13(22)10-14;1-13(2)14(3,4)19-15(18-13)11-7-5-6-9-10(11)8-16-12(9)17;1-13-9(12)6-3-2-4-8(11)7(6)5-10;1-6-7(9(11)12-2)4-3-5-8(6)10;9-7-3-1-2-5-6(7)4-10-8(5)11/h1-13H,14-15H2,(H,30,33)(H,31,35)(H,32,34);1-10H,11H2,(H,23,25)(H,24,26);5-7H,8H2,1-4H3,(H,16,17);2-4H,5H2,1H3;3-5H,1-2H3;1-3H,4H2,(H,10,11). The molecule has 0 atom stereocenters. The van der Waals surface area contributed by atoms with Crippen molar-refractivity contribution in [2.24, 2.45) is 0 Å². The van der Waals surface area contributed by atoms with E-state index in [4.69, 9.17) is 9.31 Å². The number of fused-ring (bicyclic) bond motifs is 3. The van der Waals surface area contributed by atoms with E-state index in [2.05, 4.69) is 163 Å². The summed E-state index contributed by atoms with van der Waals surface area (Å²) in [4.78, 5) is 91.1. The summed E-state index contributed by atoms with van der Waals surface area (Å²) in [6.07, 6.45) is 3.15. The first-order valence-corrected chi connectivity index (χ1v) is 41.1. The minimum Gasteiger partial charge on any atom is -0.465 e. The highest BCUT2D eigenvalue weighted by Crippen LogP contribution is 2.38. The highest BCUT2D eigenvalue weighted by Gasteiger charge is 2.52. The third-order valence-electron chi connectivity index (χ3n) is 18.9. The average molecular weight is 2080 g/mol. The Kier molecular flexibility index (Phi) is 31.3. The summed E-state index contributed by atoms with van der Waals surface area (Å²) in [7, 11) is 2.37. The third kappa shape index (κ3) is 22.5. The normalized spacial score (nSPS) is 13.3. The van der Waals surface area contributed by atoms with Crippen LogP contribution in [0.3, 0.4) is 0 Å². The van der Waals surface area contributed by atoms with Crippen molar-refractivity contribution < 1.29 is 69.9 Å². The fourth-order valence-corrected chi connectivity index (χ4v) is 15.5. The molecule has 596 valence electrons. The van der Waals surface area contributed by atoms with Gasteiger partial charge >= 0.3 is 19.1 Å². The molecular formula is C86H75BBrF4I4N9O11. The minimum absolute atomic E-state index is 0.0200. The molecule has 0 saturated carbocycles. The molecule has 0 bridgehead atoms. The molecule has 4 aliphatic rings. The van der Waals surface area contributed by atoms with Crippen LogP contribution >= 0.6 is 106 Å². The highest BCUT2D eigenvalue weighted by atomic mass is 127. The number of benzene rings is 9. The number of anilines is 4. The lowest BCUT2D eigenvalue weighted by molar-refractivity contribution is 0.00578. The van der Waals surface area contributed by atoms with Crippen LogP contribution in [0.15, 0.2) is 213 Å².